The van der Waals surface area contributed by atoms with Gasteiger partial charge in [0.05, 0.1) is 0 Å². The van der Waals surface area contributed by atoms with Gasteiger partial charge in [-0.2, -0.15) is 0 Å². The van der Waals surface area contributed by atoms with E-state index in [1.807, 2.05) is 48.2 Å². The molecular formula is C19H19N5O. The highest BCUT2D eigenvalue weighted by atomic mass is 16.2. The molecule has 0 N–H and O–H groups in total. The third-order valence-electron chi connectivity index (χ3n) is 4.65. The lowest BCUT2D eigenvalue weighted by atomic mass is 9.97. The number of aromatic nitrogens is 4. The molecule has 0 aliphatic carbocycles. The van der Waals surface area contributed by atoms with Crippen LogP contribution in [0.4, 0.5) is 5.69 Å². The van der Waals surface area contributed by atoms with Crippen LogP contribution in [-0.2, 0) is 11.2 Å². The van der Waals surface area contributed by atoms with Crippen molar-refractivity contribution in [1.29, 1.82) is 0 Å². The molecule has 0 spiro atoms. The molecule has 1 atom stereocenters. The van der Waals surface area contributed by atoms with Crippen molar-refractivity contribution in [2.75, 3.05) is 11.4 Å². The van der Waals surface area contributed by atoms with Crippen LogP contribution in [0.5, 0.6) is 0 Å². The van der Waals surface area contributed by atoms with E-state index < -0.39 is 0 Å². The van der Waals surface area contributed by atoms with Crippen molar-refractivity contribution in [1.82, 2.24) is 19.7 Å². The highest BCUT2D eigenvalue weighted by Gasteiger charge is 2.30. The van der Waals surface area contributed by atoms with Crippen LogP contribution in [0.15, 0.2) is 55.1 Å². The van der Waals surface area contributed by atoms with Gasteiger partial charge in [-0.15, -0.1) is 10.2 Å². The smallest absolute Gasteiger partial charge is 0.227 e. The minimum Gasteiger partial charge on any atom is -0.312 e. The molecule has 1 amide bonds. The minimum atomic E-state index is 0.197. The quantitative estimate of drug-likeness (QED) is 0.736. The van der Waals surface area contributed by atoms with E-state index in [-0.39, 0.29) is 5.91 Å². The SMILES string of the molecule is Cc1nc(-n2cnnc2)ccc1C[C@H]1CC(=O)N(c2ccccc2)C1. The third-order valence-corrected chi connectivity index (χ3v) is 4.65. The lowest BCUT2D eigenvalue weighted by Gasteiger charge is -2.17. The van der Waals surface area contributed by atoms with Gasteiger partial charge in [0, 0.05) is 24.3 Å². The van der Waals surface area contributed by atoms with Crippen molar-refractivity contribution < 1.29 is 4.79 Å². The van der Waals surface area contributed by atoms with Crippen molar-refractivity contribution >= 4 is 11.6 Å². The summed E-state index contributed by atoms with van der Waals surface area (Å²) in [5.74, 6) is 1.32. The number of carbonyl (C=O) groups excluding carboxylic acids is 1. The van der Waals surface area contributed by atoms with Crippen LogP contribution >= 0.6 is 0 Å². The molecule has 6 heteroatoms. The summed E-state index contributed by atoms with van der Waals surface area (Å²) in [6, 6.07) is 13.9. The number of rotatable bonds is 4. The number of hydrogen-bond donors (Lipinski definition) is 0. The summed E-state index contributed by atoms with van der Waals surface area (Å²) < 4.78 is 1.78. The van der Waals surface area contributed by atoms with E-state index >= 15 is 0 Å². The van der Waals surface area contributed by atoms with Crippen LogP contribution in [-0.4, -0.2) is 32.2 Å². The fourth-order valence-corrected chi connectivity index (χ4v) is 3.34. The molecule has 2 aromatic heterocycles. The van der Waals surface area contributed by atoms with Crippen LogP contribution in [0.1, 0.15) is 17.7 Å². The Morgan fingerprint density at radius 3 is 2.56 bits per heavy atom. The fraction of sp³-hybridized carbons (Fsp3) is 0.263. The van der Waals surface area contributed by atoms with Crippen molar-refractivity contribution in [3.05, 3.63) is 66.4 Å². The molecular weight excluding hydrogens is 314 g/mol. The number of amides is 1. The standard InChI is InChI=1S/C19H19N5O/c1-14-16(7-8-18(22-14)23-12-20-21-13-23)9-15-10-19(25)24(11-15)17-5-3-2-4-6-17/h2-8,12-13,15H,9-11H2,1H3/t15-/m0/s1. The molecule has 0 bridgehead atoms. The molecule has 4 rings (SSSR count). The van der Waals surface area contributed by atoms with Gasteiger partial charge >= 0.3 is 0 Å². The molecule has 126 valence electrons. The van der Waals surface area contributed by atoms with Gasteiger partial charge in [0.1, 0.15) is 18.5 Å². The molecule has 25 heavy (non-hydrogen) atoms. The summed E-state index contributed by atoms with van der Waals surface area (Å²) >= 11 is 0. The third kappa shape index (κ3) is 3.15. The van der Waals surface area contributed by atoms with Crippen molar-refractivity contribution in [3.8, 4) is 5.82 Å². The summed E-state index contributed by atoms with van der Waals surface area (Å²) in [7, 11) is 0. The zero-order valence-corrected chi connectivity index (χ0v) is 14.0. The van der Waals surface area contributed by atoms with Crippen LogP contribution in [0.2, 0.25) is 0 Å². The molecule has 1 saturated heterocycles. The molecule has 0 saturated carbocycles. The van der Waals surface area contributed by atoms with E-state index in [1.165, 1.54) is 5.56 Å². The number of para-hydroxylation sites is 1. The van der Waals surface area contributed by atoms with E-state index in [0.29, 0.717) is 12.3 Å². The molecule has 1 aliphatic heterocycles. The number of hydrogen-bond acceptors (Lipinski definition) is 4. The number of pyridine rings is 1. The van der Waals surface area contributed by atoms with Gasteiger partial charge in [-0.25, -0.2) is 4.98 Å². The zero-order valence-electron chi connectivity index (χ0n) is 14.0. The van der Waals surface area contributed by atoms with E-state index in [4.69, 9.17) is 0 Å². The second kappa shape index (κ2) is 6.47. The van der Waals surface area contributed by atoms with Gasteiger partial charge in [-0.05, 0) is 43.0 Å². The lowest BCUT2D eigenvalue weighted by Crippen LogP contribution is -2.24. The molecule has 3 aromatic rings. The molecule has 0 radical (unpaired) electrons. The van der Waals surface area contributed by atoms with Crippen molar-refractivity contribution in [2.24, 2.45) is 5.92 Å². The number of nitrogens with zero attached hydrogens (tertiary/aromatic N) is 5. The fourth-order valence-electron chi connectivity index (χ4n) is 3.34. The summed E-state index contributed by atoms with van der Waals surface area (Å²) in [5.41, 5.74) is 3.15. The largest absolute Gasteiger partial charge is 0.312 e. The maximum Gasteiger partial charge on any atom is 0.227 e. The summed E-state index contributed by atoms with van der Waals surface area (Å²) in [6.07, 6.45) is 4.71. The van der Waals surface area contributed by atoms with Crippen LogP contribution in [0, 0.1) is 12.8 Å². The Labute approximate surface area is 146 Å². The first-order valence-electron chi connectivity index (χ1n) is 8.37. The highest BCUT2D eigenvalue weighted by molar-refractivity contribution is 5.95. The first-order valence-corrected chi connectivity index (χ1v) is 8.37. The topological polar surface area (TPSA) is 63.9 Å². The maximum atomic E-state index is 12.4. The van der Waals surface area contributed by atoms with Gasteiger partial charge in [-0.1, -0.05) is 24.3 Å². The van der Waals surface area contributed by atoms with Gasteiger partial charge in [0.2, 0.25) is 5.91 Å². The number of anilines is 1. The average Bonchev–Trinajstić information content (AvgIpc) is 3.27. The van der Waals surface area contributed by atoms with Crippen molar-refractivity contribution in [3.63, 3.8) is 0 Å². The maximum absolute atomic E-state index is 12.4. The number of benzene rings is 1. The summed E-state index contributed by atoms with van der Waals surface area (Å²) in [4.78, 5) is 18.9. The Kier molecular flexibility index (Phi) is 4.01. The van der Waals surface area contributed by atoms with E-state index in [9.17, 15) is 4.79 Å². The van der Waals surface area contributed by atoms with E-state index in [1.54, 1.807) is 17.2 Å². The number of aryl methyl sites for hydroxylation is 1. The minimum absolute atomic E-state index is 0.197. The van der Waals surface area contributed by atoms with E-state index in [0.717, 1.165) is 30.2 Å². The Bertz CT molecular complexity index is 876. The van der Waals surface area contributed by atoms with Gasteiger partial charge in [0.25, 0.3) is 0 Å². The first-order chi connectivity index (χ1) is 12.2. The Morgan fingerprint density at radius 2 is 1.84 bits per heavy atom. The number of carbonyl (C=O) groups is 1. The van der Waals surface area contributed by atoms with Gasteiger partial charge in [0.15, 0.2) is 0 Å². The lowest BCUT2D eigenvalue weighted by molar-refractivity contribution is -0.117. The predicted molar refractivity (Wildman–Crippen MR) is 94.5 cm³/mol. The van der Waals surface area contributed by atoms with Gasteiger partial charge < -0.3 is 4.90 Å². The Morgan fingerprint density at radius 1 is 1.08 bits per heavy atom. The molecule has 1 aliphatic rings. The molecule has 3 heterocycles. The highest BCUT2D eigenvalue weighted by Crippen LogP contribution is 2.27. The average molecular weight is 333 g/mol. The van der Waals surface area contributed by atoms with E-state index in [2.05, 4.69) is 21.2 Å². The molecule has 0 unspecified atom stereocenters. The van der Waals surface area contributed by atoms with Crippen LogP contribution in [0.3, 0.4) is 0 Å². The van der Waals surface area contributed by atoms with Gasteiger partial charge in [-0.3, -0.25) is 9.36 Å². The monoisotopic (exact) mass is 333 g/mol. The molecule has 6 nitrogen and oxygen atoms in total. The van der Waals surface area contributed by atoms with Crippen LogP contribution < -0.4 is 4.90 Å². The second-order valence-electron chi connectivity index (χ2n) is 6.40. The zero-order chi connectivity index (χ0) is 17.2. The Balaban J connectivity index is 1.49. The normalized spacial score (nSPS) is 17.2. The first kappa shape index (κ1) is 15.5. The van der Waals surface area contributed by atoms with Crippen molar-refractivity contribution in [2.45, 2.75) is 19.8 Å². The predicted octanol–water partition coefficient (Wildman–Crippen LogP) is 2.57. The summed E-state index contributed by atoms with van der Waals surface area (Å²) in [5, 5.41) is 7.62. The molecule has 1 fully saturated rings. The second-order valence-corrected chi connectivity index (χ2v) is 6.40. The Hall–Kier alpha value is -3.02. The van der Waals surface area contributed by atoms with Crippen LogP contribution in [0.25, 0.3) is 5.82 Å². The molecule has 1 aromatic carbocycles. The summed E-state index contributed by atoms with van der Waals surface area (Å²) in [6.45, 7) is 2.77.